The first-order valence-corrected chi connectivity index (χ1v) is 10.5. The van der Waals surface area contributed by atoms with Crippen LogP contribution in [0.3, 0.4) is 0 Å². The Balaban J connectivity index is 1.45. The first-order chi connectivity index (χ1) is 14.7. The summed E-state index contributed by atoms with van der Waals surface area (Å²) in [6, 6.07) is 5.92. The van der Waals surface area contributed by atoms with Gasteiger partial charge in [-0.15, -0.1) is 0 Å². The van der Waals surface area contributed by atoms with Gasteiger partial charge in [0.2, 0.25) is 10.9 Å². The third-order valence-corrected chi connectivity index (χ3v) is 6.02. The molecule has 1 aromatic carbocycles. The molecule has 0 bridgehead atoms. The number of methoxy groups -OCH3 is 1. The molecule has 4 aromatic rings. The van der Waals surface area contributed by atoms with E-state index in [0.717, 1.165) is 58.5 Å². The molecule has 0 atom stereocenters. The molecule has 0 unspecified atom stereocenters. The van der Waals surface area contributed by atoms with E-state index >= 15 is 0 Å². The molecule has 4 heterocycles. The molecule has 0 radical (unpaired) electrons. The minimum absolute atomic E-state index is 0.207. The highest BCUT2D eigenvalue weighted by Gasteiger charge is 2.19. The molecule has 1 aliphatic heterocycles. The second-order valence-corrected chi connectivity index (χ2v) is 7.96. The molecule has 0 amide bonds. The molecule has 1 fully saturated rings. The van der Waals surface area contributed by atoms with Crippen LogP contribution in [0.25, 0.3) is 26.8 Å². The number of nitrogens with two attached hydrogens (primary N) is 1. The van der Waals surface area contributed by atoms with Gasteiger partial charge in [0.05, 0.1) is 19.0 Å². The summed E-state index contributed by atoms with van der Waals surface area (Å²) in [6.07, 6.45) is 7.28. The standard InChI is InChI=1S/C20H21N7O2S/c1-28-17-8-12(2-3-16(17)29-14-4-6-22-7-5-14)18-26-27-15(11-25-20(27)30-18)13-9-23-19(21)24-10-13/h2-3,8-11,14,22H,4-7H2,1H3,(H2,21,23,24). The number of ether oxygens (including phenoxy) is 2. The molecule has 1 saturated heterocycles. The van der Waals surface area contributed by atoms with Crippen molar-refractivity contribution in [3.8, 4) is 33.3 Å². The number of aromatic nitrogens is 5. The van der Waals surface area contributed by atoms with E-state index < -0.39 is 0 Å². The summed E-state index contributed by atoms with van der Waals surface area (Å²) in [4.78, 5) is 13.4. The quantitative estimate of drug-likeness (QED) is 0.504. The van der Waals surface area contributed by atoms with E-state index in [1.807, 2.05) is 18.2 Å². The van der Waals surface area contributed by atoms with Gasteiger partial charge in [-0.3, -0.25) is 0 Å². The average Bonchev–Trinajstić information content (AvgIpc) is 3.36. The van der Waals surface area contributed by atoms with Gasteiger partial charge in [-0.1, -0.05) is 11.3 Å². The second-order valence-electron chi connectivity index (χ2n) is 7.01. The van der Waals surface area contributed by atoms with Crippen molar-refractivity contribution in [3.05, 3.63) is 36.8 Å². The maximum atomic E-state index is 6.18. The number of piperidine rings is 1. The fraction of sp³-hybridized carbons (Fsp3) is 0.300. The highest BCUT2D eigenvalue weighted by molar-refractivity contribution is 7.19. The van der Waals surface area contributed by atoms with Crippen LogP contribution in [-0.4, -0.2) is 50.9 Å². The fourth-order valence-electron chi connectivity index (χ4n) is 3.47. The van der Waals surface area contributed by atoms with Crippen LogP contribution in [0.15, 0.2) is 36.8 Å². The Morgan fingerprint density at radius 1 is 1.07 bits per heavy atom. The highest BCUT2D eigenvalue weighted by Crippen LogP contribution is 2.36. The van der Waals surface area contributed by atoms with E-state index in [-0.39, 0.29) is 12.1 Å². The van der Waals surface area contributed by atoms with Crippen LogP contribution in [0.2, 0.25) is 0 Å². The lowest BCUT2D eigenvalue weighted by Crippen LogP contribution is -2.34. The second kappa shape index (κ2) is 7.88. The lowest BCUT2D eigenvalue weighted by atomic mass is 10.1. The molecule has 9 nitrogen and oxygen atoms in total. The van der Waals surface area contributed by atoms with Crippen LogP contribution in [0.4, 0.5) is 5.95 Å². The van der Waals surface area contributed by atoms with Crippen molar-refractivity contribution in [3.63, 3.8) is 0 Å². The van der Waals surface area contributed by atoms with Crippen LogP contribution in [0, 0.1) is 0 Å². The zero-order chi connectivity index (χ0) is 20.5. The SMILES string of the molecule is COc1cc(-c2nn3c(-c4cnc(N)nc4)cnc3s2)ccc1OC1CCNCC1. The number of fused-ring (bicyclic) bond motifs is 1. The van der Waals surface area contributed by atoms with E-state index in [2.05, 4.69) is 20.3 Å². The molecular weight excluding hydrogens is 402 g/mol. The monoisotopic (exact) mass is 423 g/mol. The Morgan fingerprint density at radius 2 is 1.87 bits per heavy atom. The molecule has 0 saturated carbocycles. The molecule has 5 rings (SSSR count). The minimum Gasteiger partial charge on any atom is -0.493 e. The molecule has 154 valence electrons. The Bertz CT molecular complexity index is 1170. The first kappa shape index (κ1) is 18.8. The van der Waals surface area contributed by atoms with E-state index in [1.54, 1.807) is 30.2 Å². The lowest BCUT2D eigenvalue weighted by molar-refractivity contribution is 0.157. The molecule has 1 aliphatic rings. The number of nitrogen functional groups attached to an aromatic ring is 1. The van der Waals surface area contributed by atoms with Gasteiger partial charge in [0.25, 0.3) is 0 Å². The van der Waals surface area contributed by atoms with Crippen molar-refractivity contribution < 1.29 is 9.47 Å². The smallest absolute Gasteiger partial charge is 0.219 e. The maximum Gasteiger partial charge on any atom is 0.219 e. The van der Waals surface area contributed by atoms with Gasteiger partial charge in [0.1, 0.15) is 11.1 Å². The largest absolute Gasteiger partial charge is 0.493 e. The number of anilines is 1. The summed E-state index contributed by atoms with van der Waals surface area (Å²) in [7, 11) is 1.66. The highest BCUT2D eigenvalue weighted by atomic mass is 32.1. The van der Waals surface area contributed by atoms with Gasteiger partial charge in [0, 0.05) is 23.5 Å². The van der Waals surface area contributed by atoms with Crippen LogP contribution in [0.1, 0.15) is 12.8 Å². The molecule has 3 aromatic heterocycles. The summed E-state index contributed by atoms with van der Waals surface area (Å²) in [5.74, 6) is 1.69. The fourth-order valence-corrected chi connectivity index (χ4v) is 4.34. The summed E-state index contributed by atoms with van der Waals surface area (Å²) in [5, 5.41) is 8.93. The van der Waals surface area contributed by atoms with Crippen molar-refractivity contribution in [2.45, 2.75) is 18.9 Å². The number of nitrogens with zero attached hydrogens (tertiary/aromatic N) is 5. The van der Waals surface area contributed by atoms with Gasteiger partial charge in [-0.05, 0) is 44.1 Å². The zero-order valence-electron chi connectivity index (χ0n) is 16.4. The maximum absolute atomic E-state index is 6.18. The lowest BCUT2D eigenvalue weighted by Gasteiger charge is -2.24. The number of rotatable bonds is 5. The number of nitrogens with one attached hydrogen (secondary N) is 1. The third kappa shape index (κ3) is 3.55. The first-order valence-electron chi connectivity index (χ1n) is 9.69. The molecular formula is C20H21N7O2S. The Morgan fingerprint density at radius 3 is 2.63 bits per heavy atom. The molecule has 10 heteroatoms. The molecule has 30 heavy (non-hydrogen) atoms. The van der Waals surface area contributed by atoms with Gasteiger partial charge in [0.15, 0.2) is 11.5 Å². The van der Waals surface area contributed by atoms with Gasteiger partial charge >= 0.3 is 0 Å². The third-order valence-electron chi connectivity index (χ3n) is 5.04. The minimum atomic E-state index is 0.207. The Labute approximate surface area is 176 Å². The number of benzene rings is 1. The van der Waals surface area contributed by atoms with Crippen molar-refractivity contribution >= 4 is 22.2 Å². The summed E-state index contributed by atoms with van der Waals surface area (Å²) < 4.78 is 13.6. The molecule has 0 spiro atoms. The van der Waals surface area contributed by atoms with E-state index in [4.69, 9.17) is 20.3 Å². The summed E-state index contributed by atoms with van der Waals surface area (Å²) in [6.45, 7) is 1.96. The van der Waals surface area contributed by atoms with E-state index in [1.165, 1.54) is 11.3 Å². The number of hydrogen-bond acceptors (Lipinski definition) is 9. The van der Waals surface area contributed by atoms with Crippen molar-refractivity contribution in [2.75, 3.05) is 25.9 Å². The van der Waals surface area contributed by atoms with Crippen molar-refractivity contribution in [1.82, 2.24) is 29.9 Å². The molecule has 3 N–H and O–H groups in total. The number of imidazole rings is 1. The van der Waals surface area contributed by atoms with Crippen LogP contribution < -0.4 is 20.5 Å². The van der Waals surface area contributed by atoms with Gasteiger partial charge < -0.3 is 20.5 Å². The van der Waals surface area contributed by atoms with Crippen LogP contribution in [0.5, 0.6) is 11.5 Å². The van der Waals surface area contributed by atoms with Crippen molar-refractivity contribution in [1.29, 1.82) is 0 Å². The topological polar surface area (TPSA) is 112 Å². The van der Waals surface area contributed by atoms with Crippen LogP contribution in [-0.2, 0) is 0 Å². The Hall–Kier alpha value is -3.24. The summed E-state index contributed by atoms with van der Waals surface area (Å²) in [5.41, 5.74) is 8.15. The predicted molar refractivity (Wildman–Crippen MR) is 115 cm³/mol. The summed E-state index contributed by atoms with van der Waals surface area (Å²) >= 11 is 1.50. The molecule has 0 aliphatic carbocycles. The normalized spacial score (nSPS) is 14.8. The van der Waals surface area contributed by atoms with E-state index in [0.29, 0.717) is 5.75 Å². The van der Waals surface area contributed by atoms with Gasteiger partial charge in [-0.25, -0.2) is 19.5 Å². The van der Waals surface area contributed by atoms with Crippen molar-refractivity contribution in [2.24, 2.45) is 0 Å². The zero-order valence-corrected chi connectivity index (χ0v) is 17.2. The number of hydrogen-bond donors (Lipinski definition) is 2. The van der Waals surface area contributed by atoms with E-state index in [9.17, 15) is 0 Å². The van der Waals surface area contributed by atoms with Gasteiger partial charge in [-0.2, -0.15) is 5.10 Å². The van der Waals surface area contributed by atoms with Crippen LogP contribution >= 0.6 is 11.3 Å². The average molecular weight is 424 g/mol. The predicted octanol–water partition coefficient (Wildman–Crippen LogP) is 2.64. The Kier molecular flexibility index (Phi) is 4.93.